The van der Waals surface area contributed by atoms with Crippen LogP contribution in [0.1, 0.15) is 41.6 Å². The fourth-order valence-corrected chi connectivity index (χ4v) is 2.23. The Hall–Kier alpha value is -2.37. The summed E-state index contributed by atoms with van der Waals surface area (Å²) in [6, 6.07) is 5.77. The summed E-state index contributed by atoms with van der Waals surface area (Å²) in [5, 5.41) is 7.07. The lowest BCUT2D eigenvalue weighted by molar-refractivity contribution is 0.0931. The molecular formula is C15H19FN4O. The number of carbonyl (C=O) groups excluding carboxylic acids is 1. The van der Waals surface area contributed by atoms with Gasteiger partial charge in [0.05, 0.1) is 17.4 Å². The highest BCUT2D eigenvalue weighted by Crippen LogP contribution is 2.19. The van der Waals surface area contributed by atoms with E-state index in [1.54, 1.807) is 19.2 Å². The number of nitrogens with one attached hydrogen (secondary N) is 1. The molecule has 0 radical (unpaired) electrons. The lowest BCUT2D eigenvalue weighted by atomic mass is 10.1. The van der Waals surface area contributed by atoms with Crippen molar-refractivity contribution in [3.05, 3.63) is 47.0 Å². The summed E-state index contributed by atoms with van der Waals surface area (Å²) in [6.45, 7) is 3.76. The van der Waals surface area contributed by atoms with Crippen molar-refractivity contribution in [3.63, 3.8) is 0 Å². The zero-order valence-electron chi connectivity index (χ0n) is 12.4. The number of amides is 1. The molecule has 112 valence electrons. The van der Waals surface area contributed by atoms with Crippen molar-refractivity contribution < 1.29 is 9.18 Å². The molecule has 0 saturated carbocycles. The number of aromatic nitrogens is 2. The van der Waals surface area contributed by atoms with Crippen molar-refractivity contribution in [2.24, 2.45) is 7.05 Å². The normalized spacial score (nSPS) is 12.2. The summed E-state index contributed by atoms with van der Waals surface area (Å²) in [7, 11) is 1.69. The topological polar surface area (TPSA) is 72.9 Å². The fourth-order valence-electron chi connectivity index (χ4n) is 2.23. The molecular weight excluding hydrogens is 271 g/mol. The Morgan fingerprint density at radius 1 is 1.43 bits per heavy atom. The zero-order chi connectivity index (χ0) is 15.6. The summed E-state index contributed by atoms with van der Waals surface area (Å²) in [5.74, 6) is -0.597. The minimum absolute atomic E-state index is 0.252. The number of hydrogen-bond donors (Lipinski definition) is 2. The van der Waals surface area contributed by atoms with E-state index in [0.717, 1.165) is 5.56 Å². The molecule has 1 unspecified atom stereocenters. The maximum atomic E-state index is 12.9. The van der Waals surface area contributed by atoms with Crippen LogP contribution in [0.3, 0.4) is 0 Å². The molecule has 21 heavy (non-hydrogen) atoms. The molecule has 1 aromatic carbocycles. The van der Waals surface area contributed by atoms with Crippen molar-refractivity contribution in [2.75, 3.05) is 5.73 Å². The molecule has 6 heteroatoms. The van der Waals surface area contributed by atoms with E-state index in [9.17, 15) is 9.18 Å². The monoisotopic (exact) mass is 290 g/mol. The van der Waals surface area contributed by atoms with E-state index >= 15 is 0 Å². The van der Waals surface area contributed by atoms with Gasteiger partial charge >= 0.3 is 0 Å². The van der Waals surface area contributed by atoms with Crippen molar-refractivity contribution >= 4 is 11.6 Å². The summed E-state index contributed by atoms with van der Waals surface area (Å²) < 4.78 is 14.4. The van der Waals surface area contributed by atoms with Crippen molar-refractivity contribution in [1.29, 1.82) is 0 Å². The number of aryl methyl sites for hydroxylation is 2. The Bertz CT molecular complexity index is 648. The molecule has 1 aromatic heterocycles. The summed E-state index contributed by atoms with van der Waals surface area (Å²) >= 11 is 0. The van der Waals surface area contributed by atoms with E-state index in [-0.39, 0.29) is 17.8 Å². The number of carbonyl (C=O) groups is 1. The average molecular weight is 290 g/mol. The largest absolute Gasteiger partial charge is 0.395 e. The van der Waals surface area contributed by atoms with Crippen molar-refractivity contribution in [2.45, 2.75) is 26.3 Å². The van der Waals surface area contributed by atoms with E-state index in [0.29, 0.717) is 23.5 Å². The van der Waals surface area contributed by atoms with Crippen LogP contribution in [0.5, 0.6) is 0 Å². The minimum atomic E-state index is -0.305. The smallest absolute Gasteiger partial charge is 0.272 e. The van der Waals surface area contributed by atoms with Gasteiger partial charge in [0.2, 0.25) is 0 Å². The Labute approximate surface area is 123 Å². The average Bonchev–Trinajstić information content (AvgIpc) is 2.73. The van der Waals surface area contributed by atoms with Gasteiger partial charge in [-0.15, -0.1) is 0 Å². The molecule has 1 atom stereocenters. The molecule has 5 nitrogen and oxygen atoms in total. The van der Waals surface area contributed by atoms with E-state index in [1.807, 2.05) is 13.8 Å². The summed E-state index contributed by atoms with van der Waals surface area (Å²) in [5.41, 5.74) is 8.24. The van der Waals surface area contributed by atoms with Crippen LogP contribution in [-0.4, -0.2) is 15.7 Å². The molecule has 0 fully saturated rings. The number of hydrogen-bond acceptors (Lipinski definition) is 3. The third kappa shape index (κ3) is 3.04. The number of halogens is 1. The summed E-state index contributed by atoms with van der Waals surface area (Å²) in [6.07, 6.45) is 0.667. The number of rotatable bonds is 4. The SMILES string of the molecule is CCc1nn(C)c(C(=O)NC(C)c2ccc(F)cc2)c1N. The van der Waals surface area contributed by atoms with Gasteiger partial charge in [0, 0.05) is 7.05 Å². The van der Waals surface area contributed by atoms with E-state index < -0.39 is 0 Å². The van der Waals surface area contributed by atoms with Crippen LogP contribution in [0.4, 0.5) is 10.1 Å². The predicted octanol–water partition coefficient (Wildman–Crippen LogP) is 2.19. The van der Waals surface area contributed by atoms with Gasteiger partial charge in [-0.1, -0.05) is 19.1 Å². The third-order valence-electron chi connectivity index (χ3n) is 3.43. The number of nitrogens with zero attached hydrogens (tertiary/aromatic N) is 2. The number of nitrogens with two attached hydrogens (primary N) is 1. The lowest BCUT2D eigenvalue weighted by Gasteiger charge is -2.14. The molecule has 2 rings (SSSR count). The van der Waals surface area contributed by atoms with E-state index in [2.05, 4.69) is 10.4 Å². The second-order valence-corrected chi connectivity index (χ2v) is 4.93. The Balaban J connectivity index is 2.18. The van der Waals surface area contributed by atoms with Crippen LogP contribution >= 0.6 is 0 Å². The third-order valence-corrected chi connectivity index (χ3v) is 3.43. The van der Waals surface area contributed by atoms with Crippen LogP contribution in [0.2, 0.25) is 0 Å². The molecule has 1 amide bonds. The molecule has 0 aliphatic rings. The highest BCUT2D eigenvalue weighted by atomic mass is 19.1. The lowest BCUT2D eigenvalue weighted by Crippen LogP contribution is -2.29. The van der Waals surface area contributed by atoms with Gasteiger partial charge in [-0.2, -0.15) is 5.10 Å². The zero-order valence-corrected chi connectivity index (χ0v) is 12.4. The maximum Gasteiger partial charge on any atom is 0.272 e. The molecule has 0 bridgehead atoms. The Morgan fingerprint density at radius 2 is 2.05 bits per heavy atom. The predicted molar refractivity (Wildman–Crippen MR) is 79.3 cm³/mol. The standard InChI is InChI=1S/C15H19FN4O/c1-4-12-13(17)14(20(3)19-12)15(21)18-9(2)10-5-7-11(16)8-6-10/h5-9H,4,17H2,1-3H3,(H,18,21). The quantitative estimate of drug-likeness (QED) is 0.906. The Morgan fingerprint density at radius 3 is 2.57 bits per heavy atom. The molecule has 2 aromatic rings. The minimum Gasteiger partial charge on any atom is -0.395 e. The first-order valence-electron chi connectivity index (χ1n) is 6.81. The summed E-state index contributed by atoms with van der Waals surface area (Å²) in [4.78, 5) is 12.3. The van der Waals surface area contributed by atoms with Gasteiger partial charge in [-0.05, 0) is 31.0 Å². The second kappa shape index (κ2) is 5.95. The van der Waals surface area contributed by atoms with Gasteiger partial charge in [0.15, 0.2) is 0 Å². The fraction of sp³-hybridized carbons (Fsp3) is 0.333. The van der Waals surface area contributed by atoms with Crippen LogP contribution in [0.25, 0.3) is 0 Å². The van der Waals surface area contributed by atoms with E-state index in [1.165, 1.54) is 16.8 Å². The molecule has 3 N–H and O–H groups in total. The van der Waals surface area contributed by atoms with Gasteiger partial charge in [-0.3, -0.25) is 9.48 Å². The van der Waals surface area contributed by atoms with Crippen molar-refractivity contribution in [3.8, 4) is 0 Å². The molecule has 0 saturated heterocycles. The molecule has 1 heterocycles. The van der Waals surface area contributed by atoms with Gasteiger partial charge < -0.3 is 11.1 Å². The first-order chi connectivity index (χ1) is 9.93. The molecule has 0 aliphatic heterocycles. The first-order valence-corrected chi connectivity index (χ1v) is 6.81. The van der Waals surface area contributed by atoms with Crippen LogP contribution in [0, 0.1) is 5.82 Å². The van der Waals surface area contributed by atoms with Crippen LogP contribution in [0.15, 0.2) is 24.3 Å². The highest BCUT2D eigenvalue weighted by Gasteiger charge is 2.20. The van der Waals surface area contributed by atoms with Gasteiger partial charge in [-0.25, -0.2) is 4.39 Å². The van der Waals surface area contributed by atoms with Crippen LogP contribution in [-0.2, 0) is 13.5 Å². The maximum absolute atomic E-state index is 12.9. The van der Waals surface area contributed by atoms with Gasteiger partial charge in [0.1, 0.15) is 11.5 Å². The Kier molecular flexibility index (Phi) is 4.26. The number of benzene rings is 1. The van der Waals surface area contributed by atoms with Crippen LogP contribution < -0.4 is 11.1 Å². The second-order valence-electron chi connectivity index (χ2n) is 4.93. The van der Waals surface area contributed by atoms with Gasteiger partial charge in [0.25, 0.3) is 5.91 Å². The van der Waals surface area contributed by atoms with E-state index in [4.69, 9.17) is 5.73 Å². The first kappa shape index (κ1) is 15.0. The van der Waals surface area contributed by atoms with Crippen molar-refractivity contribution in [1.82, 2.24) is 15.1 Å². The highest BCUT2D eigenvalue weighted by molar-refractivity contribution is 5.98. The number of nitrogen functional groups attached to an aromatic ring is 1. The molecule has 0 spiro atoms. The molecule has 0 aliphatic carbocycles. The number of anilines is 1.